The summed E-state index contributed by atoms with van der Waals surface area (Å²) in [5.74, 6) is -0.367. The fourth-order valence-corrected chi connectivity index (χ4v) is 2.62. The highest BCUT2D eigenvalue weighted by atomic mass is 19.1. The summed E-state index contributed by atoms with van der Waals surface area (Å²) in [6, 6.07) is 11.3. The number of nitrogens with one attached hydrogen (secondary N) is 1. The Kier molecular flexibility index (Phi) is 3.30. The Labute approximate surface area is 111 Å². The van der Waals surface area contributed by atoms with E-state index in [-0.39, 0.29) is 11.6 Å². The lowest BCUT2D eigenvalue weighted by atomic mass is 9.94. The molecule has 2 aromatic carbocycles. The number of hydrogen-bond donors (Lipinski definition) is 1. The van der Waals surface area contributed by atoms with Gasteiger partial charge in [0.15, 0.2) is 0 Å². The molecule has 1 nitrogen and oxygen atoms in total. The van der Waals surface area contributed by atoms with Gasteiger partial charge in [-0.3, -0.25) is 0 Å². The van der Waals surface area contributed by atoms with E-state index in [1.165, 1.54) is 12.1 Å². The van der Waals surface area contributed by atoms with Crippen molar-refractivity contribution in [2.24, 2.45) is 0 Å². The maximum atomic E-state index is 13.9. The minimum atomic E-state index is -0.386. The van der Waals surface area contributed by atoms with Crippen molar-refractivity contribution in [2.75, 3.05) is 13.1 Å². The molecule has 1 aliphatic heterocycles. The SMILES string of the molecule is Fc1ccccc1-c1cc(C2CCNC2)ccc1F. The molecular weight excluding hydrogens is 244 g/mol. The van der Waals surface area contributed by atoms with Gasteiger partial charge >= 0.3 is 0 Å². The van der Waals surface area contributed by atoms with Crippen LogP contribution in [-0.2, 0) is 0 Å². The van der Waals surface area contributed by atoms with Crippen LogP contribution in [0.15, 0.2) is 42.5 Å². The lowest BCUT2D eigenvalue weighted by Gasteiger charge is -2.12. The summed E-state index contributed by atoms with van der Waals surface area (Å²) in [7, 11) is 0. The van der Waals surface area contributed by atoms with E-state index < -0.39 is 0 Å². The van der Waals surface area contributed by atoms with E-state index in [2.05, 4.69) is 5.32 Å². The minimum absolute atomic E-state index is 0.327. The van der Waals surface area contributed by atoms with Crippen molar-refractivity contribution < 1.29 is 8.78 Å². The maximum absolute atomic E-state index is 13.9. The molecule has 1 atom stereocenters. The molecule has 0 bridgehead atoms. The van der Waals surface area contributed by atoms with Crippen LogP contribution in [0, 0.1) is 11.6 Å². The highest BCUT2D eigenvalue weighted by Gasteiger charge is 2.19. The van der Waals surface area contributed by atoms with E-state index in [4.69, 9.17) is 0 Å². The molecule has 0 aliphatic carbocycles. The molecule has 2 aromatic rings. The predicted molar refractivity (Wildman–Crippen MR) is 72.0 cm³/mol. The maximum Gasteiger partial charge on any atom is 0.131 e. The summed E-state index contributed by atoms with van der Waals surface area (Å²) in [5, 5.41) is 3.29. The van der Waals surface area contributed by atoms with Gasteiger partial charge in [0.25, 0.3) is 0 Å². The van der Waals surface area contributed by atoms with Crippen LogP contribution < -0.4 is 5.32 Å². The third-order valence-corrected chi connectivity index (χ3v) is 3.69. The summed E-state index contributed by atoms with van der Waals surface area (Å²) in [6.45, 7) is 1.89. The molecule has 1 heterocycles. The van der Waals surface area contributed by atoms with Crippen molar-refractivity contribution in [3.8, 4) is 11.1 Å². The molecule has 0 amide bonds. The van der Waals surface area contributed by atoms with Crippen LogP contribution in [0.5, 0.6) is 0 Å². The molecule has 0 aromatic heterocycles. The van der Waals surface area contributed by atoms with Crippen molar-refractivity contribution >= 4 is 0 Å². The zero-order valence-electron chi connectivity index (χ0n) is 10.5. The van der Waals surface area contributed by atoms with Gasteiger partial charge in [-0.1, -0.05) is 24.3 Å². The van der Waals surface area contributed by atoms with Gasteiger partial charge in [0, 0.05) is 17.7 Å². The monoisotopic (exact) mass is 259 g/mol. The van der Waals surface area contributed by atoms with Gasteiger partial charge in [0.1, 0.15) is 11.6 Å². The van der Waals surface area contributed by atoms with Gasteiger partial charge < -0.3 is 5.32 Å². The van der Waals surface area contributed by atoms with Crippen LogP contribution in [0.3, 0.4) is 0 Å². The number of benzene rings is 2. The molecular formula is C16H15F2N. The van der Waals surface area contributed by atoms with Gasteiger partial charge in [-0.2, -0.15) is 0 Å². The quantitative estimate of drug-likeness (QED) is 0.867. The van der Waals surface area contributed by atoms with E-state index in [9.17, 15) is 8.78 Å². The Bertz CT molecular complexity index is 589. The predicted octanol–water partition coefficient (Wildman–Crippen LogP) is 3.71. The van der Waals surface area contributed by atoms with Gasteiger partial charge in [-0.25, -0.2) is 8.78 Å². The zero-order valence-corrected chi connectivity index (χ0v) is 10.5. The van der Waals surface area contributed by atoms with Crippen LogP contribution in [0.4, 0.5) is 8.78 Å². The number of rotatable bonds is 2. The molecule has 98 valence electrons. The molecule has 1 N–H and O–H groups in total. The molecule has 1 fully saturated rings. The van der Waals surface area contributed by atoms with Crippen LogP contribution >= 0.6 is 0 Å². The average Bonchev–Trinajstić information content (AvgIpc) is 2.94. The first-order valence-electron chi connectivity index (χ1n) is 6.51. The normalized spacial score (nSPS) is 18.7. The van der Waals surface area contributed by atoms with Crippen LogP contribution in [0.2, 0.25) is 0 Å². The fraction of sp³-hybridized carbons (Fsp3) is 0.250. The zero-order chi connectivity index (χ0) is 13.2. The summed E-state index contributed by atoms with van der Waals surface area (Å²) >= 11 is 0. The first-order valence-corrected chi connectivity index (χ1v) is 6.51. The highest BCUT2D eigenvalue weighted by Crippen LogP contribution is 2.30. The Hall–Kier alpha value is -1.74. The third kappa shape index (κ3) is 2.38. The topological polar surface area (TPSA) is 12.0 Å². The first kappa shape index (κ1) is 12.3. The first-order chi connectivity index (χ1) is 9.25. The summed E-state index contributed by atoms with van der Waals surface area (Å²) in [4.78, 5) is 0. The largest absolute Gasteiger partial charge is 0.316 e. The second kappa shape index (κ2) is 5.10. The molecule has 0 saturated carbocycles. The second-order valence-corrected chi connectivity index (χ2v) is 4.91. The molecule has 1 unspecified atom stereocenters. The smallest absolute Gasteiger partial charge is 0.131 e. The van der Waals surface area contributed by atoms with E-state index in [1.54, 1.807) is 30.3 Å². The Morgan fingerprint density at radius 3 is 2.47 bits per heavy atom. The standard InChI is InChI=1S/C16H15F2N/c17-15-4-2-1-3-13(15)14-9-11(5-6-16(14)18)12-7-8-19-10-12/h1-6,9,12,19H,7-8,10H2. The Morgan fingerprint density at radius 1 is 0.947 bits per heavy atom. The van der Waals surface area contributed by atoms with Gasteiger partial charge in [-0.15, -0.1) is 0 Å². The van der Waals surface area contributed by atoms with E-state index in [0.29, 0.717) is 17.0 Å². The summed E-state index contributed by atoms with van der Waals surface area (Å²) < 4.78 is 27.7. The van der Waals surface area contributed by atoms with E-state index in [1.807, 2.05) is 0 Å². The lowest BCUT2D eigenvalue weighted by molar-refractivity contribution is 0.615. The molecule has 19 heavy (non-hydrogen) atoms. The van der Waals surface area contributed by atoms with Crippen LogP contribution in [0.1, 0.15) is 17.9 Å². The minimum Gasteiger partial charge on any atom is -0.316 e. The number of halogens is 2. The van der Waals surface area contributed by atoms with Crippen molar-refractivity contribution in [2.45, 2.75) is 12.3 Å². The van der Waals surface area contributed by atoms with Crippen molar-refractivity contribution in [1.29, 1.82) is 0 Å². The highest BCUT2D eigenvalue weighted by molar-refractivity contribution is 5.65. The average molecular weight is 259 g/mol. The van der Waals surface area contributed by atoms with Crippen molar-refractivity contribution in [1.82, 2.24) is 5.32 Å². The molecule has 1 saturated heterocycles. The summed E-state index contributed by atoms with van der Waals surface area (Å²) in [6.07, 6.45) is 1.04. The second-order valence-electron chi connectivity index (χ2n) is 4.91. The molecule has 3 rings (SSSR count). The van der Waals surface area contributed by atoms with Crippen molar-refractivity contribution in [3.05, 3.63) is 59.7 Å². The Balaban J connectivity index is 2.05. The molecule has 0 radical (unpaired) electrons. The van der Waals surface area contributed by atoms with Crippen LogP contribution in [-0.4, -0.2) is 13.1 Å². The van der Waals surface area contributed by atoms with Gasteiger partial charge in [-0.05, 0) is 42.6 Å². The molecule has 1 aliphatic rings. The van der Waals surface area contributed by atoms with Crippen molar-refractivity contribution in [3.63, 3.8) is 0 Å². The Morgan fingerprint density at radius 2 is 1.74 bits per heavy atom. The lowest BCUT2D eigenvalue weighted by Crippen LogP contribution is -2.08. The van der Waals surface area contributed by atoms with Gasteiger partial charge in [0.05, 0.1) is 0 Å². The number of hydrogen-bond acceptors (Lipinski definition) is 1. The molecule has 0 spiro atoms. The van der Waals surface area contributed by atoms with E-state index >= 15 is 0 Å². The van der Waals surface area contributed by atoms with Gasteiger partial charge in [0.2, 0.25) is 0 Å². The summed E-state index contributed by atoms with van der Waals surface area (Å²) in [5.41, 5.74) is 1.75. The van der Waals surface area contributed by atoms with Crippen LogP contribution in [0.25, 0.3) is 11.1 Å². The van der Waals surface area contributed by atoms with E-state index in [0.717, 1.165) is 25.1 Å². The molecule has 3 heteroatoms. The third-order valence-electron chi connectivity index (χ3n) is 3.69. The fourth-order valence-electron chi connectivity index (χ4n) is 2.62.